The van der Waals surface area contributed by atoms with Crippen LogP contribution in [0.15, 0.2) is 5.10 Å². The molecule has 0 aliphatic rings. The van der Waals surface area contributed by atoms with Crippen molar-refractivity contribution >= 4 is 23.5 Å². The number of nitriles is 1. The minimum absolute atomic E-state index is 0.101. The van der Waals surface area contributed by atoms with E-state index in [9.17, 15) is 0 Å². The number of hydrogen-bond donors (Lipinski definition) is 2. The van der Waals surface area contributed by atoms with Gasteiger partial charge in [0, 0.05) is 6.21 Å². The Labute approximate surface area is 58.3 Å². The van der Waals surface area contributed by atoms with Crippen LogP contribution in [-0.2, 0) is 0 Å². The second kappa shape index (κ2) is 5.00. The van der Waals surface area contributed by atoms with Crippen LogP contribution in [0.5, 0.6) is 0 Å². The molecule has 0 fully saturated rings. The molecule has 0 heterocycles. The van der Waals surface area contributed by atoms with Gasteiger partial charge in [0.15, 0.2) is 5.11 Å². The van der Waals surface area contributed by atoms with E-state index in [1.54, 1.807) is 0 Å². The zero-order valence-corrected chi connectivity index (χ0v) is 5.48. The van der Waals surface area contributed by atoms with E-state index in [2.05, 4.69) is 22.7 Å². The first-order valence-electron chi connectivity index (χ1n) is 2.21. The van der Waals surface area contributed by atoms with Gasteiger partial charge in [0.05, 0.1) is 12.5 Å². The highest BCUT2D eigenvalue weighted by molar-refractivity contribution is 7.80. The number of thiocarbonyl (C=S) groups is 1. The molecule has 48 valence electrons. The molecule has 5 heteroatoms. The third kappa shape index (κ3) is 6.85. The van der Waals surface area contributed by atoms with Crippen molar-refractivity contribution in [2.45, 2.75) is 6.42 Å². The first-order valence-corrected chi connectivity index (χ1v) is 2.62. The predicted molar refractivity (Wildman–Crippen MR) is 38.6 cm³/mol. The van der Waals surface area contributed by atoms with E-state index < -0.39 is 0 Å². The van der Waals surface area contributed by atoms with E-state index in [-0.39, 0.29) is 11.5 Å². The van der Waals surface area contributed by atoms with Crippen molar-refractivity contribution in [3.05, 3.63) is 0 Å². The molecule has 0 rings (SSSR count). The number of hydrogen-bond acceptors (Lipinski definition) is 3. The largest absolute Gasteiger partial charge is 0.375 e. The molecule has 0 radical (unpaired) electrons. The predicted octanol–water partition coefficient (Wildman–Crippen LogP) is -0.281. The smallest absolute Gasteiger partial charge is 0.184 e. The monoisotopic (exact) mass is 142 g/mol. The first kappa shape index (κ1) is 7.85. The van der Waals surface area contributed by atoms with Gasteiger partial charge in [-0.2, -0.15) is 10.4 Å². The van der Waals surface area contributed by atoms with Crippen LogP contribution in [0.25, 0.3) is 0 Å². The molecule has 0 aromatic heterocycles. The summed E-state index contributed by atoms with van der Waals surface area (Å²) in [7, 11) is 0. The van der Waals surface area contributed by atoms with Crippen LogP contribution in [-0.4, -0.2) is 11.3 Å². The van der Waals surface area contributed by atoms with Gasteiger partial charge < -0.3 is 5.73 Å². The van der Waals surface area contributed by atoms with Gasteiger partial charge in [-0.15, -0.1) is 0 Å². The van der Waals surface area contributed by atoms with Gasteiger partial charge in [0.2, 0.25) is 0 Å². The zero-order valence-electron chi connectivity index (χ0n) is 4.66. The lowest BCUT2D eigenvalue weighted by atomic mass is 10.5. The molecule has 0 amide bonds. The highest BCUT2D eigenvalue weighted by Crippen LogP contribution is 1.65. The maximum Gasteiger partial charge on any atom is 0.184 e. The van der Waals surface area contributed by atoms with Crippen molar-refractivity contribution < 1.29 is 0 Å². The summed E-state index contributed by atoms with van der Waals surface area (Å²) >= 11 is 4.42. The van der Waals surface area contributed by atoms with Crippen molar-refractivity contribution in [3.8, 4) is 6.07 Å². The first-order chi connectivity index (χ1) is 4.27. The topological polar surface area (TPSA) is 74.2 Å². The van der Waals surface area contributed by atoms with Crippen LogP contribution in [0.2, 0.25) is 0 Å². The molecular weight excluding hydrogens is 136 g/mol. The van der Waals surface area contributed by atoms with Crippen molar-refractivity contribution in [2.75, 3.05) is 0 Å². The normalized spacial score (nSPS) is 8.78. The van der Waals surface area contributed by atoms with E-state index in [0.29, 0.717) is 0 Å². The maximum atomic E-state index is 8.00. The highest BCUT2D eigenvalue weighted by atomic mass is 32.1. The summed E-state index contributed by atoms with van der Waals surface area (Å²) in [5, 5.41) is 11.6. The Morgan fingerprint density at radius 3 is 3.11 bits per heavy atom. The molecule has 0 aliphatic heterocycles. The molecule has 0 bridgehead atoms. The van der Waals surface area contributed by atoms with Crippen LogP contribution in [0, 0.1) is 11.3 Å². The fourth-order valence-corrected chi connectivity index (χ4v) is 0.248. The van der Waals surface area contributed by atoms with Gasteiger partial charge in [0.25, 0.3) is 0 Å². The van der Waals surface area contributed by atoms with Crippen molar-refractivity contribution in [1.82, 2.24) is 5.43 Å². The average Bonchev–Trinajstić information content (AvgIpc) is 1.80. The van der Waals surface area contributed by atoms with Gasteiger partial charge in [-0.1, -0.05) is 0 Å². The number of rotatable bonds is 2. The molecule has 0 aromatic rings. The third-order valence-corrected chi connectivity index (χ3v) is 0.540. The lowest BCUT2D eigenvalue weighted by Gasteiger charge is -1.89. The molecule has 0 saturated heterocycles. The fraction of sp³-hybridized carbons (Fsp3) is 0.250. The van der Waals surface area contributed by atoms with Crippen LogP contribution in [0.1, 0.15) is 6.42 Å². The quantitative estimate of drug-likeness (QED) is 0.316. The molecule has 0 aliphatic carbocycles. The summed E-state index contributed by atoms with van der Waals surface area (Å²) in [5.41, 5.74) is 7.31. The van der Waals surface area contributed by atoms with Crippen LogP contribution in [0.3, 0.4) is 0 Å². The van der Waals surface area contributed by atoms with E-state index in [1.165, 1.54) is 6.21 Å². The minimum Gasteiger partial charge on any atom is -0.375 e. The van der Waals surface area contributed by atoms with Gasteiger partial charge in [-0.25, -0.2) is 0 Å². The van der Waals surface area contributed by atoms with Crippen molar-refractivity contribution in [3.63, 3.8) is 0 Å². The summed E-state index contributed by atoms with van der Waals surface area (Å²) in [6, 6.07) is 1.87. The molecule has 0 aromatic carbocycles. The average molecular weight is 142 g/mol. The van der Waals surface area contributed by atoms with Crippen molar-refractivity contribution in [2.24, 2.45) is 10.8 Å². The minimum atomic E-state index is 0.101. The number of nitrogens with zero attached hydrogens (tertiary/aromatic N) is 2. The number of nitrogens with two attached hydrogens (primary N) is 1. The van der Waals surface area contributed by atoms with Gasteiger partial charge in [0.1, 0.15) is 0 Å². The van der Waals surface area contributed by atoms with Gasteiger partial charge in [-0.05, 0) is 12.2 Å². The van der Waals surface area contributed by atoms with Gasteiger partial charge >= 0.3 is 0 Å². The summed E-state index contributed by atoms with van der Waals surface area (Å²) < 4.78 is 0. The molecule has 3 N–H and O–H groups in total. The molecule has 9 heavy (non-hydrogen) atoms. The molecular formula is C4H6N4S. The Morgan fingerprint density at radius 2 is 2.67 bits per heavy atom. The van der Waals surface area contributed by atoms with Crippen LogP contribution < -0.4 is 11.2 Å². The summed E-state index contributed by atoms with van der Waals surface area (Å²) in [5.74, 6) is 0. The number of hydrazone groups is 1. The second-order valence-electron chi connectivity index (χ2n) is 1.15. The van der Waals surface area contributed by atoms with E-state index >= 15 is 0 Å². The van der Waals surface area contributed by atoms with Crippen molar-refractivity contribution in [1.29, 1.82) is 5.26 Å². The van der Waals surface area contributed by atoms with E-state index in [1.807, 2.05) is 6.07 Å². The summed E-state index contributed by atoms with van der Waals surface area (Å²) in [4.78, 5) is 0. The lowest BCUT2D eigenvalue weighted by molar-refractivity contribution is 1.03. The Bertz CT molecular complexity index is 156. The highest BCUT2D eigenvalue weighted by Gasteiger charge is 1.76. The summed E-state index contributed by atoms with van der Waals surface area (Å²) in [6.07, 6.45) is 1.65. The summed E-state index contributed by atoms with van der Waals surface area (Å²) in [6.45, 7) is 0. The van der Waals surface area contributed by atoms with E-state index in [4.69, 9.17) is 11.0 Å². The lowest BCUT2D eigenvalue weighted by Crippen LogP contribution is -2.23. The SMILES string of the molecule is N#CC/C=N/NC(N)=S. The van der Waals surface area contributed by atoms with Crippen LogP contribution >= 0.6 is 12.2 Å². The Morgan fingerprint density at radius 1 is 2.00 bits per heavy atom. The van der Waals surface area contributed by atoms with Crippen LogP contribution in [0.4, 0.5) is 0 Å². The Balaban J connectivity index is 3.28. The fourth-order valence-electron chi connectivity index (χ4n) is 0.196. The number of nitrogens with one attached hydrogen (secondary N) is 1. The molecule has 0 unspecified atom stereocenters. The second-order valence-corrected chi connectivity index (χ2v) is 1.59. The zero-order chi connectivity index (χ0) is 7.11. The molecule has 4 nitrogen and oxygen atoms in total. The van der Waals surface area contributed by atoms with Gasteiger partial charge in [-0.3, -0.25) is 5.43 Å². The Kier molecular flexibility index (Phi) is 4.36. The molecule has 0 saturated carbocycles. The Hall–Kier alpha value is -1.15. The maximum absolute atomic E-state index is 8.00. The molecule has 0 atom stereocenters. The van der Waals surface area contributed by atoms with E-state index in [0.717, 1.165) is 0 Å². The standard InChI is InChI=1S/C4H6N4S/c5-2-1-3-7-8-4(6)9/h3H,1H2,(H3,6,8,9)/b7-3+. The molecule has 0 spiro atoms. The third-order valence-electron chi connectivity index (χ3n) is 0.449.